The maximum atomic E-state index is 12.0. The summed E-state index contributed by atoms with van der Waals surface area (Å²) in [5, 5.41) is 7.03. The van der Waals surface area contributed by atoms with E-state index in [4.69, 9.17) is 4.52 Å². The van der Waals surface area contributed by atoms with E-state index in [0.29, 0.717) is 30.7 Å². The Labute approximate surface area is 133 Å². The molecular formula is C16H30N4O2. The van der Waals surface area contributed by atoms with E-state index in [1.54, 1.807) is 0 Å². The van der Waals surface area contributed by atoms with Gasteiger partial charge in [-0.1, -0.05) is 39.3 Å². The van der Waals surface area contributed by atoms with Crippen molar-refractivity contribution in [2.75, 3.05) is 13.6 Å². The molecule has 1 rings (SSSR count). The van der Waals surface area contributed by atoms with Crippen molar-refractivity contribution in [3.8, 4) is 0 Å². The van der Waals surface area contributed by atoms with E-state index in [1.165, 1.54) is 0 Å². The summed E-state index contributed by atoms with van der Waals surface area (Å²) in [6.45, 7) is 9.31. The third-order valence-electron chi connectivity index (χ3n) is 3.41. The van der Waals surface area contributed by atoms with Crippen molar-refractivity contribution < 1.29 is 9.32 Å². The van der Waals surface area contributed by atoms with Crippen LogP contribution in [0.15, 0.2) is 4.52 Å². The van der Waals surface area contributed by atoms with Crippen LogP contribution in [-0.2, 0) is 17.8 Å². The summed E-state index contributed by atoms with van der Waals surface area (Å²) in [6, 6.07) is 0.272. The van der Waals surface area contributed by atoms with Crippen molar-refractivity contribution in [3.63, 3.8) is 0 Å². The minimum atomic E-state index is 0.0497. The number of nitrogens with zero attached hydrogens (tertiary/aromatic N) is 3. The third kappa shape index (κ3) is 7.02. The van der Waals surface area contributed by atoms with Crippen molar-refractivity contribution in [1.29, 1.82) is 0 Å². The molecule has 22 heavy (non-hydrogen) atoms. The zero-order chi connectivity index (χ0) is 16.5. The molecule has 1 N–H and O–H groups in total. The average Bonchev–Trinajstić information content (AvgIpc) is 2.84. The molecule has 0 saturated heterocycles. The number of amides is 1. The van der Waals surface area contributed by atoms with Crippen LogP contribution >= 0.6 is 0 Å². The highest BCUT2D eigenvalue weighted by atomic mass is 16.5. The number of carbonyl (C=O) groups excluding carboxylic acids is 1. The van der Waals surface area contributed by atoms with E-state index in [1.807, 2.05) is 11.9 Å². The van der Waals surface area contributed by atoms with Gasteiger partial charge in [-0.25, -0.2) is 0 Å². The Bertz CT molecular complexity index is 445. The van der Waals surface area contributed by atoms with Crippen LogP contribution in [0.5, 0.6) is 0 Å². The molecule has 1 heterocycles. The number of carbonyl (C=O) groups is 1. The van der Waals surface area contributed by atoms with Gasteiger partial charge in [-0.15, -0.1) is 0 Å². The standard InChI is InChI=1S/C16H30N4O2/c1-6-8-13(7-2)17-15(21)11-20(5)10-14-18-16(22-19-14)9-12(3)4/h12-13H,6-11H2,1-5H3,(H,17,21). The van der Waals surface area contributed by atoms with Crippen molar-refractivity contribution >= 4 is 5.91 Å². The van der Waals surface area contributed by atoms with Gasteiger partial charge in [0.15, 0.2) is 5.82 Å². The second kappa shape index (κ2) is 9.56. The maximum Gasteiger partial charge on any atom is 0.234 e. The number of hydrogen-bond donors (Lipinski definition) is 1. The normalized spacial score (nSPS) is 12.9. The van der Waals surface area contributed by atoms with Crippen LogP contribution in [0.3, 0.4) is 0 Å². The molecular weight excluding hydrogens is 280 g/mol. The summed E-state index contributed by atoms with van der Waals surface area (Å²) in [4.78, 5) is 18.3. The Morgan fingerprint density at radius 2 is 2.09 bits per heavy atom. The van der Waals surface area contributed by atoms with Gasteiger partial charge in [-0.05, 0) is 25.8 Å². The largest absolute Gasteiger partial charge is 0.352 e. The first-order valence-electron chi connectivity index (χ1n) is 8.23. The minimum Gasteiger partial charge on any atom is -0.352 e. The molecule has 6 nitrogen and oxygen atoms in total. The Kier molecular flexibility index (Phi) is 8.09. The highest BCUT2D eigenvalue weighted by molar-refractivity contribution is 5.78. The van der Waals surface area contributed by atoms with Crippen LogP contribution in [0.1, 0.15) is 58.7 Å². The van der Waals surface area contributed by atoms with Crippen molar-refractivity contribution in [2.45, 2.75) is 66.0 Å². The summed E-state index contributed by atoms with van der Waals surface area (Å²) in [6.07, 6.45) is 3.85. The lowest BCUT2D eigenvalue weighted by atomic mass is 10.1. The molecule has 6 heteroatoms. The van der Waals surface area contributed by atoms with Crippen LogP contribution in [-0.4, -0.2) is 40.6 Å². The molecule has 1 amide bonds. The fourth-order valence-electron chi connectivity index (χ4n) is 2.33. The van der Waals surface area contributed by atoms with Gasteiger partial charge in [0.2, 0.25) is 11.8 Å². The van der Waals surface area contributed by atoms with E-state index < -0.39 is 0 Å². The van der Waals surface area contributed by atoms with E-state index in [-0.39, 0.29) is 11.9 Å². The minimum absolute atomic E-state index is 0.0497. The smallest absolute Gasteiger partial charge is 0.234 e. The van der Waals surface area contributed by atoms with Gasteiger partial charge in [-0.3, -0.25) is 9.69 Å². The monoisotopic (exact) mass is 310 g/mol. The Balaban J connectivity index is 2.40. The highest BCUT2D eigenvalue weighted by Crippen LogP contribution is 2.07. The van der Waals surface area contributed by atoms with Gasteiger partial charge in [0.05, 0.1) is 13.1 Å². The van der Waals surface area contributed by atoms with E-state index >= 15 is 0 Å². The fourth-order valence-corrected chi connectivity index (χ4v) is 2.33. The van der Waals surface area contributed by atoms with E-state index in [0.717, 1.165) is 25.7 Å². The SMILES string of the molecule is CCCC(CC)NC(=O)CN(C)Cc1noc(CC(C)C)n1. The summed E-state index contributed by atoms with van der Waals surface area (Å²) in [7, 11) is 1.89. The first kappa shape index (κ1) is 18.6. The van der Waals surface area contributed by atoms with Crippen molar-refractivity contribution in [1.82, 2.24) is 20.4 Å². The van der Waals surface area contributed by atoms with E-state index in [2.05, 4.69) is 43.2 Å². The predicted molar refractivity (Wildman–Crippen MR) is 86.3 cm³/mol. The van der Waals surface area contributed by atoms with Crippen LogP contribution in [0.4, 0.5) is 0 Å². The molecule has 0 aliphatic rings. The molecule has 0 radical (unpaired) electrons. The second-order valence-corrected chi connectivity index (χ2v) is 6.34. The second-order valence-electron chi connectivity index (χ2n) is 6.34. The molecule has 0 saturated carbocycles. The third-order valence-corrected chi connectivity index (χ3v) is 3.41. The van der Waals surface area contributed by atoms with Crippen molar-refractivity contribution in [3.05, 3.63) is 11.7 Å². The molecule has 1 unspecified atom stereocenters. The number of aromatic nitrogens is 2. The molecule has 1 atom stereocenters. The molecule has 0 spiro atoms. The average molecular weight is 310 g/mol. The molecule has 0 aliphatic heterocycles. The van der Waals surface area contributed by atoms with Gasteiger partial charge < -0.3 is 9.84 Å². The van der Waals surface area contributed by atoms with Gasteiger partial charge in [0.1, 0.15) is 0 Å². The van der Waals surface area contributed by atoms with Crippen LogP contribution in [0.2, 0.25) is 0 Å². The lowest BCUT2D eigenvalue weighted by Crippen LogP contribution is -2.40. The number of nitrogens with one attached hydrogen (secondary N) is 1. The first-order valence-corrected chi connectivity index (χ1v) is 8.23. The topological polar surface area (TPSA) is 71.3 Å². The molecule has 1 aromatic rings. The summed E-state index contributed by atoms with van der Waals surface area (Å²) >= 11 is 0. The van der Waals surface area contributed by atoms with Crippen molar-refractivity contribution in [2.24, 2.45) is 5.92 Å². The highest BCUT2D eigenvalue weighted by Gasteiger charge is 2.14. The fraction of sp³-hybridized carbons (Fsp3) is 0.812. The Hall–Kier alpha value is -1.43. The maximum absolute atomic E-state index is 12.0. The molecule has 0 fully saturated rings. The molecule has 0 aliphatic carbocycles. The van der Waals surface area contributed by atoms with Crippen LogP contribution in [0, 0.1) is 5.92 Å². The first-order chi connectivity index (χ1) is 10.4. The Morgan fingerprint density at radius 1 is 1.36 bits per heavy atom. The van der Waals surface area contributed by atoms with Gasteiger partial charge in [-0.2, -0.15) is 4.98 Å². The molecule has 126 valence electrons. The molecule has 0 bridgehead atoms. The van der Waals surface area contributed by atoms with Crippen LogP contribution in [0.25, 0.3) is 0 Å². The lowest BCUT2D eigenvalue weighted by molar-refractivity contribution is -0.122. The molecule has 1 aromatic heterocycles. The van der Waals surface area contributed by atoms with Gasteiger partial charge in [0, 0.05) is 12.5 Å². The zero-order valence-corrected chi connectivity index (χ0v) is 14.6. The predicted octanol–water partition coefficient (Wildman–Crippen LogP) is 2.39. The van der Waals surface area contributed by atoms with Crippen LogP contribution < -0.4 is 5.32 Å². The summed E-state index contributed by atoms with van der Waals surface area (Å²) in [5.41, 5.74) is 0. The lowest BCUT2D eigenvalue weighted by Gasteiger charge is -2.19. The number of likely N-dealkylation sites (N-methyl/N-ethyl adjacent to an activating group) is 1. The molecule has 0 aromatic carbocycles. The quantitative estimate of drug-likeness (QED) is 0.718. The Morgan fingerprint density at radius 3 is 2.68 bits per heavy atom. The summed E-state index contributed by atoms with van der Waals surface area (Å²) in [5.74, 6) is 1.83. The number of hydrogen-bond acceptors (Lipinski definition) is 5. The zero-order valence-electron chi connectivity index (χ0n) is 14.6. The van der Waals surface area contributed by atoms with Gasteiger partial charge >= 0.3 is 0 Å². The summed E-state index contributed by atoms with van der Waals surface area (Å²) < 4.78 is 5.21. The number of rotatable bonds is 10. The van der Waals surface area contributed by atoms with Gasteiger partial charge in [0.25, 0.3) is 0 Å². The van der Waals surface area contributed by atoms with E-state index in [9.17, 15) is 4.79 Å².